The van der Waals surface area contributed by atoms with E-state index in [4.69, 9.17) is 26.1 Å². The molecule has 3 aliphatic rings. The van der Waals surface area contributed by atoms with Crippen LogP contribution in [-0.2, 0) is 25.1 Å². The number of aromatic nitrogens is 5. The normalized spacial score (nSPS) is 20.5. The Hall–Kier alpha value is -4.74. The monoisotopic (exact) mass is 693 g/mol. The Labute approximate surface area is 282 Å². The number of benzene rings is 2. The van der Waals surface area contributed by atoms with Crippen molar-refractivity contribution in [1.82, 2.24) is 29.6 Å². The minimum Gasteiger partial charge on any atom is -0.444 e. The summed E-state index contributed by atoms with van der Waals surface area (Å²) in [6.45, 7) is 4.12. The van der Waals surface area contributed by atoms with E-state index in [1.807, 2.05) is 22.8 Å². The topological polar surface area (TPSA) is 115 Å². The van der Waals surface area contributed by atoms with Gasteiger partial charge in [0.05, 0.1) is 40.8 Å². The van der Waals surface area contributed by atoms with E-state index >= 15 is 0 Å². The molecule has 1 atom stereocenters. The second kappa shape index (κ2) is 11.4. The smallest absolute Gasteiger partial charge is 0.444 e. The van der Waals surface area contributed by atoms with Crippen LogP contribution in [0.3, 0.4) is 0 Å². The molecule has 1 saturated carbocycles. The van der Waals surface area contributed by atoms with Gasteiger partial charge in [0.2, 0.25) is 5.82 Å². The van der Waals surface area contributed by atoms with Gasteiger partial charge in [0.15, 0.2) is 11.5 Å². The molecule has 2 aromatic carbocycles. The van der Waals surface area contributed by atoms with Crippen molar-refractivity contribution in [3.05, 3.63) is 82.3 Å². The summed E-state index contributed by atoms with van der Waals surface area (Å²) in [4.78, 5) is 14.9. The number of nitrogens with zero attached hydrogens (tertiary/aromatic N) is 7. The van der Waals surface area contributed by atoms with Crippen LogP contribution < -0.4 is 9.47 Å². The molecule has 0 spiro atoms. The average Bonchev–Trinajstić information content (AvgIpc) is 3.35. The van der Waals surface area contributed by atoms with Crippen molar-refractivity contribution in [2.75, 3.05) is 13.1 Å². The van der Waals surface area contributed by atoms with Gasteiger partial charge in [-0.1, -0.05) is 28.9 Å². The van der Waals surface area contributed by atoms with Gasteiger partial charge in [0, 0.05) is 24.1 Å². The lowest BCUT2D eigenvalue weighted by atomic mass is 9.88. The zero-order valence-corrected chi connectivity index (χ0v) is 26.9. The van der Waals surface area contributed by atoms with Gasteiger partial charge in [-0.15, -0.1) is 0 Å². The van der Waals surface area contributed by atoms with Crippen molar-refractivity contribution in [1.29, 1.82) is 5.26 Å². The molecule has 0 radical (unpaired) electrons. The second-order valence-corrected chi connectivity index (χ2v) is 13.4. The molecule has 49 heavy (non-hydrogen) atoms. The minimum absolute atomic E-state index is 0.0988. The van der Waals surface area contributed by atoms with Crippen LogP contribution in [0.2, 0.25) is 5.02 Å². The third kappa shape index (κ3) is 5.74. The number of rotatable bonds is 7. The predicted octanol–water partition coefficient (Wildman–Crippen LogP) is 7.62. The molecule has 0 N–H and O–H groups in total. The van der Waals surface area contributed by atoms with Gasteiger partial charge in [-0.25, -0.2) is 9.37 Å². The molecule has 15 heteroatoms. The van der Waals surface area contributed by atoms with Crippen LogP contribution in [0, 0.1) is 22.6 Å². The number of hydrogen-bond donors (Lipinski definition) is 0. The fourth-order valence-corrected chi connectivity index (χ4v) is 6.89. The van der Waals surface area contributed by atoms with Crippen molar-refractivity contribution in [2.24, 2.45) is 5.41 Å². The molecular weight excluding hydrogens is 666 g/mol. The number of pyridine rings is 1. The van der Waals surface area contributed by atoms with Crippen LogP contribution >= 0.6 is 11.6 Å². The number of hydrogen-bond acceptors (Lipinski definition) is 9. The van der Waals surface area contributed by atoms with Crippen molar-refractivity contribution < 1.29 is 31.6 Å². The van der Waals surface area contributed by atoms with E-state index in [-0.39, 0.29) is 28.0 Å². The molecule has 2 aliphatic heterocycles. The van der Waals surface area contributed by atoms with Gasteiger partial charge in [-0.2, -0.15) is 23.4 Å². The zero-order chi connectivity index (χ0) is 34.1. The minimum atomic E-state index is -4.77. The molecule has 8 rings (SSSR count). The Morgan fingerprint density at radius 2 is 1.88 bits per heavy atom. The number of nitriles is 1. The van der Waals surface area contributed by atoms with E-state index in [2.05, 4.69) is 30.6 Å². The highest BCUT2D eigenvalue weighted by atomic mass is 35.5. The molecule has 5 heterocycles. The van der Waals surface area contributed by atoms with Crippen molar-refractivity contribution in [2.45, 2.75) is 63.6 Å². The summed E-state index contributed by atoms with van der Waals surface area (Å²) in [6, 6.07) is 14.2. The maximum absolute atomic E-state index is 14.9. The van der Waals surface area contributed by atoms with Crippen LogP contribution in [0.4, 0.5) is 17.6 Å². The first-order valence-corrected chi connectivity index (χ1v) is 16.2. The highest BCUT2D eigenvalue weighted by Gasteiger charge is 2.45. The maximum Gasteiger partial charge on any atom is 0.471 e. The summed E-state index contributed by atoms with van der Waals surface area (Å²) in [5.74, 6) is -1.52. The first-order chi connectivity index (χ1) is 23.4. The Bertz CT molecular complexity index is 2130. The predicted molar refractivity (Wildman–Crippen MR) is 167 cm³/mol. The van der Waals surface area contributed by atoms with Gasteiger partial charge in [0.25, 0.3) is 5.79 Å². The Morgan fingerprint density at radius 1 is 1.08 bits per heavy atom. The molecule has 0 bridgehead atoms. The number of halogens is 5. The molecule has 1 saturated heterocycles. The van der Waals surface area contributed by atoms with E-state index in [0.29, 0.717) is 35.6 Å². The zero-order valence-electron chi connectivity index (χ0n) is 26.1. The summed E-state index contributed by atoms with van der Waals surface area (Å²) in [7, 11) is 0. The first-order valence-electron chi connectivity index (χ1n) is 15.8. The largest absolute Gasteiger partial charge is 0.471 e. The number of fused-ring (bicyclic) bond motifs is 2. The van der Waals surface area contributed by atoms with E-state index in [9.17, 15) is 22.8 Å². The summed E-state index contributed by atoms with van der Waals surface area (Å²) < 4.78 is 72.9. The van der Waals surface area contributed by atoms with Crippen molar-refractivity contribution in [3.8, 4) is 29.1 Å². The molecule has 10 nitrogen and oxygen atoms in total. The Kier molecular flexibility index (Phi) is 7.35. The molecule has 0 amide bonds. The van der Waals surface area contributed by atoms with E-state index in [1.165, 1.54) is 12.3 Å². The maximum atomic E-state index is 14.9. The molecular formula is C34H28ClF4N7O3. The standard InChI is InChI=1S/C34H28ClF4N7O3/c1-32(22-6-5-20(35)13-23(22)36)47-27-4-2-3-21(29(27)48-32)19-7-11-45(12-8-19)16-28-42-24-14-25(30-43-31(49-44-30)34(37,38)39)41-15-26(24)46(28)18-33(17-40)9-10-33/h2-6,13-15,19H,7-12,16,18H2,1H3/t32-/m0/s1. The van der Waals surface area contributed by atoms with E-state index in [1.54, 1.807) is 25.1 Å². The van der Waals surface area contributed by atoms with Gasteiger partial charge in [0.1, 0.15) is 17.3 Å². The van der Waals surface area contributed by atoms with Crippen LogP contribution in [-0.4, -0.2) is 42.7 Å². The number of likely N-dealkylation sites (tertiary alicyclic amines) is 1. The summed E-state index contributed by atoms with van der Waals surface area (Å²) in [5.41, 5.74) is 2.06. The second-order valence-electron chi connectivity index (χ2n) is 13.0. The quantitative estimate of drug-likeness (QED) is 0.159. The highest BCUT2D eigenvalue weighted by Crippen LogP contribution is 2.50. The van der Waals surface area contributed by atoms with E-state index in [0.717, 1.165) is 50.2 Å². The molecule has 0 unspecified atom stereocenters. The number of para-hydroxylation sites is 1. The number of imidazole rings is 1. The average molecular weight is 694 g/mol. The van der Waals surface area contributed by atoms with Gasteiger partial charge in [-0.05, 0) is 75.0 Å². The fraction of sp³-hybridized carbons (Fsp3) is 0.382. The van der Waals surface area contributed by atoms with Crippen LogP contribution in [0.5, 0.6) is 11.5 Å². The van der Waals surface area contributed by atoms with Crippen LogP contribution in [0.15, 0.2) is 53.2 Å². The third-order valence-electron chi connectivity index (χ3n) is 9.59. The van der Waals surface area contributed by atoms with Crippen molar-refractivity contribution >= 4 is 22.6 Å². The lowest BCUT2D eigenvalue weighted by Crippen LogP contribution is -2.34. The molecule has 1 aliphatic carbocycles. The first kappa shape index (κ1) is 31.5. The number of ether oxygens (including phenoxy) is 2. The van der Waals surface area contributed by atoms with Gasteiger partial charge in [-0.3, -0.25) is 9.88 Å². The Balaban J connectivity index is 1.01. The highest BCUT2D eigenvalue weighted by molar-refractivity contribution is 6.30. The Morgan fingerprint density at radius 3 is 2.57 bits per heavy atom. The summed E-state index contributed by atoms with van der Waals surface area (Å²) in [6.07, 6.45) is -0.0457. The molecule has 5 aromatic rings. The van der Waals surface area contributed by atoms with Gasteiger partial charge >= 0.3 is 12.1 Å². The van der Waals surface area contributed by atoms with Crippen molar-refractivity contribution in [3.63, 3.8) is 0 Å². The van der Waals surface area contributed by atoms with E-state index < -0.39 is 29.1 Å². The van der Waals surface area contributed by atoms with Gasteiger partial charge < -0.3 is 18.6 Å². The molecule has 252 valence electrons. The van der Waals surface area contributed by atoms with Crippen LogP contribution in [0.25, 0.3) is 22.6 Å². The summed E-state index contributed by atoms with van der Waals surface area (Å²) in [5, 5.41) is 13.6. The SMILES string of the molecule is C[C@]1(c2ccc(Cl)cc2F)Oc2cccc(C3CCN(Cc4nc5cc(-c6noc(C(F)(F)F)n6)ncc5n4CC4(C#N)CC4)CC3)c2O1. The molecule has 3 aromatic heterocycles. The fourth-order valence-electron chi connectivity index (χ4n) is 6.73. The third-order valence-corrected chi connectivity index (χ3v) is 9.82. The summed E-state index contributed by atoms with van der Waals surface area (Å²) >= 11 is 5.97. The number of piperidine rings is 1. The van der Waals surface area contributed by atoms with Crippen LogP contribution in [0.1, 0.15) is 61.4 Å². The lowest BCUT2D eigenvalue weighted by molar-refractivity contribution is -0.159. The molecule has 2 fully saturated rings. The lowest BCUT2D eigenvalue weighted by Gasteiger charge is -2.32. The number of alkyl halides is 3.